The Morgan fingerprint density at radius 3 is 2.54 bits per heavy atom. The molecule has 0 aliphatic carbocycles. The van der Waals surface area contributed by atoms with Crippen LogP contribution in [0, 0.1) is 0 Å². The number of hydrogen-bond acceptors (Lipinski definition) is 7. The highest BCUT2D eigenvalue weighted by Gasteiger charge is 2.22. The lowest BCUT2D eigenvalue weighted by Crippen LogP contribution is -2.45. The Hall–Kier alpha value is -2.62. The number of methoxy groups -OCH3 is 2. The summed E-state index contributed by atoms with van der Waals surface area (Å²) >= 11 is 1.50. The van der Waals surface area contributed by atoms with Gasteiger partial charge < -0.3 is 30.6 Å². The topological polar surface area (TPSA) is 129 Å². The average molecular weight is 385 g/mol. The predicted octanol–water partition coefficient (Wildman–Crippen LogP) is 0.976. The van der Waals surface area contributed by atoms with Crippen LogP contribution in [0.1, 0.15) is 6.42 Å². The molecular weight excluding hydrogens is 362 g/mol. The number of benzene rings is 1. The first kappa shape index (κ1) is 21.4. The summed E-state index contributed by atoms with van der Waals surface area (Å²) in [6.07, 6.45) is 2.21. The molecule has 1 aromatic carbocycles. The van der Waals surface area contributed by atoms with E-state index >= 15 is 0 Å². The van der Waals surface area contributed by atoms with Crippen LogP contribution < -0.4 is 25.8 Å². The summed E-state index contributed by atoms with van der Waals surface area (Å²) in [4.78, 5) is 35.0. The molecule has 144 valence electrons. The lowest BCUT2D eigenvalue weighted by Gasteiger charge is -2.16. The highest BCUT2D eigenvalue weighted by atomic mass is 32.2. The van der Waals surface area contributed by atoms with E-state index in [1.165, 1.54) is 26.0 Å². The Labute approximate surface area is 155 Å². The number of nitrogens with two attached hydrogens (primary N) is 1. The van der Waals surface area contributed by atoms with E-state index in [2.05, 4.69) is 10.6 Å². The molecule has 0 bridgehead atoms. The molecule has 4 N–H and O–H groups in total. The Bertz CT molecular complexity index is 640. The molecule has 1 aromatic rings. The zero-order chi connectivity index (χ0) is 19.5. The first-order valence-corrected chi connectivity index (χ1v) is 9.04. The van der Waals surface area contributed by atoms with Crippen molar-refractivity contribution in [3.8, 4) is 11.5 Å². The molecule has 0 aromatic heterocycles. The minimum absolute atomic E-state index is 0.344. The quantitative estimate of drug-likeness (QED) is 0.512. The molecule has 10 heteroatoms. The molecule has 9 nitrogen and oxygen atoms in total. The number of nitrogens with one attached hydrogen (secondary N) is 2. The number of thioether (sulfide) groups is 1. The van der Waals surface area contributed by atoms with Gasteiger partial charge in [-0.3, -0.25) is 4.79 Å². The molecule has 1 rings (SSSR count). The second-order valence-corrected chi connectivity index (χ2v) is 6.05. The second-order valence-electron chi connectivity index (χ2n) is 5.06. The molecule has 0 spiro atoms. The van der Waals surface area contributed by atoms with Gasteiger partial charge in [0.05, 0.1) is 19.9 Å². The zero-order valence-corrected chi connectivity index (χ0v) is 15.7. The van der Waals surface area contributed by atoms with Gasteiger partial charge in [0.15, 0.2) is 6.61 Å². The molecule has 1 atom stereocenters. The molecule has 0 unspecified atom stereocenters. The van der Waals surface area contributed by atoms with Crippen molar-refractivity contribution in [1.82, 2.24) is 5.32 Å². The third-order valence-corrected chi connectivity index (χ3v) is 3.88. The number of esters is 1. The standard InChI is InChI=1S/C16H23N3O6S/c1-23-10-4-5-11(13(8-10)24-2)18-14(20)9-25-15(21)12(6-7-26-3)19-16(17)22/h4-5,8,12H,6-7,9H2,1-3H3,(H,18,20)(H3,17,19,22)/t12-/m0/s1. The van der Waals surface area contributed by atoms with Crippen molar-refractivity contribution in [2.75, 3.05) is 38.2 Å². The maximum absolute atomic E-state index is 12.0. The predicted molar refractivity (Wildman–Crippen MR) is 98.6 cm³/mol. The van der Waals surface area contributed by atoms with Crippen LogP contribution >= 0.6 is 11.8 Å². The first-order valence-electron chi connectivity index (χ1n) is 7.64. The fraction of sp³-hybridized carbons (Fsp3) is 0.438. The normalized spacial score (nSPS) is 11.2. The van der Waals surface area contributed by atoms with Gasteiger partial charge in [-0.15, -0.1) is 0 Å². The number of rotatable bonds is 10. The van der Waals surface area contributed by atoms with Gasteiger partial charge in [0.25, 0.3) is 5.91 Å². The Balaban J connectivity index is 2.61. The number of amides is 3. The van der Waals surface area contributed by atoms with E-state index in [0.717, 1.165) is 0 Å². The van der Waals surface area contributed by atoms with Gasteiger partial charge in [-0.1, -0.05) is 0 Å². The van der Waals surface area contributed by atoms with Crippen LogP contribution in [0.15, 0.2) is 18.2 Å². The van der Waals surface area contributed by atoms with Gasteiger partial charge in [0, 0.05) is 6.07 Å². The fourth-order valence-electron chi connectivity index (χ4n) is 1.98. The third kappa shape index (κ3) is 7.09. The maximum atomic E-state index is 12.0. The zero-order valence-electron chi connectivity index (χ0n) is 14.9. The van der Waals surface area contributed by atoms with Crippen molar-refractivity contribution in [3.63, 3.8) is 0 Å². The lowest BCUT2D eigenvalue weighted by atomic mass is 10.2. The number of anilines is 1. The molecule has 0 saturated heterocycles. The van der Waals surface area contributed by atoms with Crippen LogP contribution in [0.5, 0.6) is 11.5 Å². The molecule has 0 aliphatic heterocycles. The number of primary amides is 1. The van der Waals surface area contributed by atoms with E-state index in [0.29, 0.717) is 29.4 Å². The number of carbonyl (C=O) groups is 3. The Morgan fingerprint density at radius 1 is 1.23 bits per heavy atom. The van der Waals surface area contributed by atoms with Crippen LogP contribution in [0.25, 0.3) is 0 Å². The van der Waals surface area contributed by atoms with E-state index in [4.69, 9.17) is 19.9 Å². The van der Waals surface area contributed by atoms with Crippen LogP contribution in [-0.4, -0.2) is 56.8 Å². The van der Waals surface area contributed by atoms with Crippen LogP contribution in [0.2, 0.25) is 0 Å². The number of hydrogen-bond donors (Lipinski definition) is 3. The van der Waals surface area contributed by atoms with E-state index in [1.54, 1.807) is 18.2 Å². The lowest BCUT2D eigenvalue weighted by molar-refractivity contribution is -0.149. The number of carbonyl (C=O) groups excluding carboxylic acids is 3. The monoisotopic (exact) mass is 385 g/mol. The van der Waals surface area contributed by atoms with Crippen LogP contribution in [-0.2, 0) is 14.3 Å². The number of ether oxygens (including phenoxy) is 3. The SMILES string of the molecule is COc1ccc(NC(=O)COC(=O)[C@H](CCSC)NC(N)=O)c(OC)c1. The summed E-state index contributed by atoms with van der Waals surface area (Å²) < 4.78 is 15.2. The van der Waals surface area contributed by atoms with Crippen molar-refractivity contribution in [1.29, 1.82) is 0 Å². The van der Waals surface area contributed by atoms with Gasteiger partial charge in [-0.05, 0) is 30.6 Å². The van der Waals surface area contributed by atoms with Gasteiger partial charge in [-0.2, -0.15) is 11.8 Å². The minimum atomic E-state index is -0.900. The summed E-state index contributed by atoms with van der Waals surface area (Å²) in [5.41, 5.74) is 5.45. The molecule has 3 amide bonds. The summed E-state index contributed by atoms with van der Waals surface area (Å²) in [5, 5.41) is 4.88. The average Bonchev–Trinajstić information content (AvgIpc) is 2.63. The summed E-state index contributed by atoms with van der Waals surface area (Å²) in [6.45, 7) is -0.510. The molecule has 26 heavy (non-hydrogen) atoms. The van der Waals surface area contributed by atoms with Gasteiger partial charge in [0.2, 0.25) is 0 Å². The fourth-order valence-corrected chi connectivity index (χ4v) is 2.45. The van der Waals surface area contributed by atoms with E-state index in [-0.39, 0.29) is 0 Å². The van der Waals surface area contributed by atoms with Crippen LogP contribution in [0.3, 0.4) is 0 Å². The summed E-state index contributed by atoms with van der Waals surface area (Å²) in [7, 11) is 2.97. The smallest absolute Gasteiger partial charge is 0.329 e. The van der Waals surface area contributed by atoms with Crippen molar-refractivity contribution < 1.29 is 28.6 Å². The van der Waals surface area contributed by atoms with Crippen molar-refractivity contribution in [2.24, 2.45) is 5.73 Å². The summed E-state index contributed by atoms with van der Waals surface area (Å²) in [5.74, 6) is 0.312. The molecule has 0 heterocycles. The maximum Gasteiger partial charge on any atom is 0.329 e. The molecule has 0 aliphatic rings. The Morgan fingerprint density at radius 2 is 1.96 bits per heavy atom. The van der Waals surface area contributed by atoms with E-state index in [1.807, 2.05) is 6.26 Å². The van der Waals surface area contributed by atoms with Crippen molar-refractivity contribution >= 4 is 35.4 Å². The van der Waals surface area contributed by atoms with Crippen LogP contribution in [0.4, 0.5) is 10.5 Å². The molecule has 0 saturated carbocycles. The number of urea groups is 1. The minimum Gasteiger partial charge on any atom is -0.497 e. The largest absolute Gasteiger partial charge is 0.497 e. The van der Waals surface area contributed by atoms with Crippen molar-refractivity contribution in [3.05, 3.63) is 18.2 Å². The highest BCUT2D eigenvalue weighted by molar-refractivity contribution is 7.98. The molecule has 0 fully saturated rings. The second kappa shape index (κ2) is 11.1. The molecular formula is C16H23N3O6S. The van der Waals surface area contributed by atoms with E-state index in [9.17, 15) is 14.4 Å². The van der Waals surface area contributed by atoms with Gasteiger partial charge in [0.1, 0.15) is 17.5 Å². The van der Waals surface area contributed by atoms with Gasteiger partial charge >= 0.3 is 12.0 Å². The van der Waals surface area contributed by atoms with E-state index < -0.39 is 30.6 Å². The first-order chi connectivity index (χ1) is 12.4. The van der Waals surface area contributed by atoms with Gasteiger partial charge in [-0.25, -0.2) is 9.59 Å². The molecule has 0 radical (unpaired) electrons. The Kier molecular flexibility index (Phi) is 9.13. The van der Waals surface area contributed by atoms with Crippen molar-refractivity contribution in [2.45, 2.75) is 12.5 Å². The third-order valence-electron chi connectivity index (χ3n) is 3.24. The summed E-state index contributed by atoms with van der Waals surface area (Å²) in [6, 6.07) is 3.13. The highest BCUT2D eigenvalue weighted by Crippen LogP contribution is 2.28.